The van der Waals surface area contributed by atoms with Crippen molar-refractivity contribution in [2.24, 2.45) is 0 Å². The number of thioether (sulfide) groups is 1. The van der Waals surface area contributed by atoms with Gasteiger partial charge < -0.3 is 0 Å². The van der Waals surface area contributed by atoms with Crippen LogP contribution in [0.5, 0.6) is 0 Å². The second kappa shape index (κ2) is 5.81. The molecule has 1 aromatic heterocycles. The molecule has 0 saturated carbocycles. The van der Waals surface area contributed by atoms with Crippen molar-refractivity contribution < 1.29 is 8.42 Å². The van der Waals surface area contributed by atoms with E-state index in [0.717, 1.165) is 0 Å². The molecule has 0 fully saturated rings. The van der Waals surface area contributed by atoms with Gasteiger partial charge in [0.25, 0.3) is 0 Å². The molecule has 16 heavy (non-hydrogen) atoms. The highest BCUT2D eigenvalue weighted by Crippen LogP contribution is 2.09. The lowest BCUT2D eigenvalue weighted by Crippen LogP contribution is -2.34. The SMILES string of the molecule is CSCC(C)NS(=O)(=O)c1cnc(Cl)nc1. The first-order chi connectivity index (χ1) is 7.45. The fraction of sp³-hybridized carbons (Fsp3) is 0.500. The molecule has 1 atom stereocenters. The number of aromatic nitrogens is 2. The van der Waals surface area contributed by atoms with Crippen LogP contribution in [-0.4, -0.2) is 36.4 Å². The molecule has 8 heteroatoms. The molecule has 1 aromatic rings. The van der Waals surface area contributed by atoms with Crippen molar-refractivity contribution in [3.05, 3.63) is 17.7 Å². The minimum Gasteiger partial charge on any atom is -0.225 e. The number of hydrogen-bond acceptors (Lipinski definition) is 5. The summed E-state index contributed by atoms with van der Waals surface area (Å²) in [4.78, 5) is 7.28. The second-order valence-corrected chi connectivity index (χ2v) is 6.13. The Bertz CT molecular complexity index is 435. The molecule has 1 unspecified atom stereocenters. The second-order valence-electron chi connectivity index (χ2n) is 3.17. The molecule has 0 aliphatic rings. The first-order valence-corrected chi connectivity index (χ1v) is 7.70. The van der Waals surface area contributed by atoms with Crippen LogP contribution in [0.2, 0.25) is 5.28 Å². The van der Waals surface area contributed by atoms with Gasteiger partial charge in [0, 0.05) is 11.8 Å². The normalized spacial score (nSPS) is 13.7. The van der Waals surface area contributed by atoms with Crippen molar-refractivity contribution in [3.63, 3.8) is 0 Å². The third-order valence-electron chi connectivity index (χ3n) is 1.68. The van der Waals surface area contributed by atoms with Crippen LogP contribution < -0.4 is 4.72 Å². The van der Waals surface area contributed by atoms with Gasteiger partial charge in [0.05, 0.1) is 12.4 Å². The molecule has 1 rings (SSSR count). The Labute approximate surface area is 104 Å². The quantitative estimate of drug-likeness (QED) is 0.820. The van der Waals surface area contributed by atoms with Gasteiger partial charge in [0.15, 0.2) is 0 Å². The highest BCUT2D eigenvalue weighted by Gasteiger charge is 2.17. The van der Waals surface area contributed by atoms with E-state index in [9.17, 15) is 8.42 Å². The number of rotatable bonds is 5. The zero-order chi connectivity index (χ0) is 12.2. The summed E-state index contributed by atoms with van der Waals surface area (Å²) >= 11 is 7.05. The van der Waals surface area contributed by atoms with E-state index in [2.05, 4.69) is 14.7 Å². The summed E-state index contributed by atoms with van der Waals surface area (Å²) in [7, 11) is -3.55. The predicted octanol–water partition coefficient (Wildman–Crippen LogP) is 1.16. The molecule has 0 aliphatic heterocycles. The topological polar surface area (TPSA) is 72.0 Å². The van der Waals surface area contributed by atoms with Crippen molar-refractivity contribution in [1.82, 2.24) is 14.7 Å². The number of nitrogens with zero attached hydrogens (tertiary/aromatic N) is 2. The van der Waals surface area contributed by atoms with Gasteiger partial charge in [-0.3, -0.25) is 0 Å². The Kier molecular flexibility index (Phi) is 4.97. The lowest BCUT2D eigenvalue weighted by molar-refractivity contribution is 0.570. The van der Waals surface area contributed by atoms with Crippen LogP contribution in [0.25, 0.3) is 0 Å². The molecular formula is C8H12ClN3O2S2. The number of sulfonamides is 1. The first-order valence-electron chi connectivity index (χ1n) is 4.44. The fourth-order valence-electron chi connectivity index (χ4n) is 1.06. The molecule has 1 heterocycles. The van der Waals surface area contributed by atoms with Crippen LogP contribution >= 0.6 is 23.4 Å². The summed E-state index contributed by atoms with van der Waals surface area (Å²) < 4.78 is 26.1. The molecule has 0 radical (unpaired) electrons. The summed E-state index contributed by atoms with van der Waals surface area (Å²) in [6, 6.07) is -0.143. The highest BCUT2D eigenvalue weighted by molar-refractivity contribution is 7.98. The molecule has 0 saturated heterocycles. The Hall–Kier alpha value is -0.370. The molecule has 1 N–H and O–H groups in total. The van der Waals surface area contributed by atoms with E-state index in [4.69, 9.17) is 11.6 Å². The van der Waals surface area contributed by atoms with Crippen molar-refractivity contribution in [3.8, 4) is 0 Å². The molecular weight excluding hydrogens is 270 g/mol. The van der Waals surface area contributed by atoms with E-state index >= 15 is 0 Å². The Morgan fingerprint density at radius 3 is 2.56 bits per heavy atom. The van der Waals surface area contributed by atoms with E-state index in [0.29, 0.717) is 5.75 Å². The third-order valence-corrected chi connectivity index (χ3v) is 4.25. The average Bonchev–Trinajstić information content (AvgIpc) is 2.17. The number of hydrogen-bond donors (Lipinski definition) is 1. The molecule has 0 bridgehead atoms. The molecule has 0 aliphatic carbocycles. The van der Waals surface area contributed by atoms with Crippen LogP contribution in [0.4, 0.5) is 0 Å². The standard InChI is InChI=1S/C8H12ClN3O2S2/c1-6(5-15-2)12-16(13,14)7-3-10-8(9)11-4-7/h3-4,6,12H,5H2,1-2H3. The van der Waals surface area contributed by atoms with Crippen molar-refractivity contribution in [1.29, 1.82) is 0 Å². The van der Waals surface area contributed by atoms with Crippen LogP contribution in [0.15, 0.2) is 17.3 Å². The largest absolute Gasteiger partial charge is 0.243 e. The van der Waals surface area contributed by atoms with Crippen molar-refractivity contribution in [2.75, 3.05) is 12.0 Å². The number of nitrogens with one attached hydrogen (secondary N) is 1. The van der Waals surface area contributed by atoms with E-state index in [1.807, 2.05) is 6.26 Å². The summed E-state index contributed by atoms with van der Waals surface area (Å²) in [5.41, 5.74) is 0. The summed E-state index contributed by atoms with van der Waals surface area (Å²) in [6.07, 6.45) is 4.28. The molecule has 0 aromatic carbocycles. The lowest BCUT2D eigenvalue weighted by Gasteiger charge is -2.12. The number of halogens is 1. The van der Waals surface area contributed by atoms with Crippen LogP contribution in [0.1, 0.15) is 6.92 Å². The Balaban J connectivity index is 2.82. The first kappa shape index (κ1) is 13.7. The van der Waals surface area contributed by atoms with Crippen molar-refractivity contribution >= 4 is 33.4 Å². The minimum atomic E-state index is -3.55. The smallest absolute Gasteiger partial charge is 0.225 e. The molecule has 90 valence electrons. The van der Waals surface area contributed by atoms with E-state index in [1.54, 1.807) is 18.7 Å². The summed E-state index contributed by atoms with van der Waals surface area (Å²) in [5, 5.41) is 0.0242. The van der Waals surface area contributed by atoms with Gasteiger partial charge in [-0.2, -0.15) is 11.8 Å². The maximum Gasteiger partial charge on any atom is 0.243 e. The van der Waals surface area contributed by atoms with Gasteiger partial charge in [0.2, 0.25) is 15.3 Å². The predicted molar refractivity (Wildman–Crippen MR) is 65.2 cm³/mol. The van der Waals surface area contributed by atoms with Gasteiger partial charge in [0.1, 0.15) is 4.90 Å². The molecule has 0 amide bonds. The highest BCUT2D eigenvalue weighted by atomic mass is 35.5. The average molecular weight is 282 g/mol. The third kappa shape index (κ3) is 3.89. The lowest BCUT2D eigenvalue weighted by atomic mass is 10.4. The minimum absolute atomic E-state index is 0.0184. The Morgan fingerprint density at radius 2 is 2.06 bits per heavy atom. The maximum atomic E-state index is 11.8. The van der Waals surface area contributed by atoms with Crippen LogP contribution in [-0.2, 0) is 10.0 Å². The van der Waals surface area contributed by atoms with E-state index in [-0.39, 0.29) is 16.2 Å². The van der Waals surface area contributed by atoms with E-state index in [1.165, 1.54) is 12.4 Å². The zero-order valence-corrected chi connectivity index (χ0v) is 11.2. The fourth-order valence-corrected chi connectivity index (χ4v) is 2.97. The van der Waals surface area contributed by atoms with Gasteiger partial charge >= 0.3 is 0 Å². The zero-order valence-electron chi connectivity index (χ0n) is 8.84. The van der Waals surface area contributed by atoms with Gasteiger partial charge in [-0.05, 0) is 24.8 Å². The van der Waals surface area contributed by atoms with Crippen LogP contribution in [0.3, 0.4) is 0 Å². The van der Waals surface area contributed by atoms with Gasteiger partial charge in [-0.25, -0.2) is 23.1 Å². The van der Waals surface area contributed by atoms with E-state index < -0.39 is 10.0 Å². The molecule has 0 spiro atoms. The van der Waals surface area contributed by atoms with Crippen molar-refractivity contribution in [2.45, 2.75) is 17.9 Å². The van der Waals surface area contributed by atoms with Gasteiger partial charge in [-0.15, -0.1) is 0 Å². The molecule has 5 nitrogen and oxygen atoms in total. The monoisotopic (exact) mass is 281 g/mol. The van der Waals surface area contributed by atoms with Crippen LogP contribution in [0, 0.1) is 0 Å². The summed E-state index contributed by atoms with van der Waals surface area (Å²) in [6.45, 7) is 1.80. The summed E-state index contributed by atoms with van der Waals surface area (Å²) in [5.74, 6) is 0.702. The van der Waals surface area contributed by atoms with Gasteiger partial charge in [-0.1, -0.05) is 0 Å². The Morgan fingerprint density at radius 1 is 1.50 bits per heavy atom. The maximum absolute atomic E-state index is 11.8.